The number of fused-ring (bicyclic) bond motifs is 2. The van der Waals surface area contributed by atoms with Crippen LogP contribution in [-0.4, -0.2) is 42.3 Å². The average Bonchev–Trinajstić information content (AvgIpc) is 3.00. The number of carbonyl (C=O) groups excluding carboxylic acids is 2. The highest BCUT2D eigenvalue weighted by molar-refractivity contribution is 5.72. The molecule has 0 saturated carbocycles. The van der Waals surface area contributed by atoms with Crippen molar-refractivity contribution in [3.05, 3.63) is 34.9 Å². The van der Waals surface area contributed by atoms with Gasteiger partial charge >= 0.3 is 0 Å². The molecule has 18 heavy (non-hydrogen) atoms. The molecule has 3 rings (SSSR count). The van der Waals surface area contributed by atoms with E-state index in [4.69, 9.17) is 0 Å². The number of hydrogen-bond donors (Lipinski definition) is 2. The van der Waals surface area contributed by atoms with Gasteiger partial charge in [0.25, 0.3) is 0 Å². The Balaban J connectivity index is 2.19. The highest BCUT2D eigenvalue weighted by atomic mass is 16.3. The van der Waals surface area contributed by atoms with Gasteiger partial charge in [-0.25, -0.2) is 9.36 Å². The molecule has 2 unspecified atom stereocenters. The van der Waals surface area contributed by atoms with Crippen molar-refractivity contribution in [3.8, 4) is 0 Å². The molecule has 8 nitrogen and oxygen atoms in total. The van der Waals surface area contributed by atoms with Crippen LogP contribution in [0.25, 0.3) is 0 Å². The maximum Gasteiger partial charge on any atom is 0.190 e. The van der Waals surface area contributed by atoms with E-state index in [9.17, 15) is 19.8 Å². The van der Waals surface area contributed by atoms with Crippen molar-refractivity contribution >= 4 is 12.6 Å². The summed E-state index contributed by atoms with van der Waals surface area (Å²) in [6.07, 6.45) is -1.36. The Morgan fingerprint density at radius 3 is 1.67 bits per heavy atom. The fourth-order valence-electron chi connectivity index (χ4n) is 2.00. The third-order valence-electron chi connectivity index (χ3n) is 2.80. The minimum Gasteiger partial charge on any atom is -0.367 e. The molecule has 0 bridgehead atoms. The monoisotopic (exact) mass is 248 g/mol. The first-order chi connectivity index (χ1) is 8.65. The first kappa shape index (κ1) is 10.8. The maximum absolute atomic E-state index is 10.6. The van der Waals surface area contributed by atoms with Crippen LogP contribution in [0.15, 0.2) is 12.1 Å². The third-order valence-corrected chi connectivity index (χ3v) is 2.80. The summed E-state index contributed by atoms with van der Waals surface area (Å²) in [6, 6.07) is 2.71. The van der Waals surface area contributed by atoms with Crippen LogP contribution in [-0.2, 0) is 0 Å². The van der Waals surface area contributed by atoms with Gasteiger partial charge < -0.3 is 10.2 Å². The van der Waals surface area contributed by atoms with Gasteiger partial charge in [0, 0.05) is 0 Å². The van der Waals surface area contributed by atoms with Crippen LogP contribution in [0.3, 0.4) is 0 Å². The van der Waals surface area contributed by atoms with E-state index in [1.54, 1.807) is 0 Å². The largest absolute Gasteiger partial charge is 0.367 e. The van der Waals surface area contributed by atoms with Gasteiger partial charge in [-0.1, -0.05) is 0 Å². The third kappa shape index (κ3) is 1.27. The minimum atomic E-state index is -1.20. The van der Waals surface area contributed by atoms with Gasteiger partial charge in [0.1, 0.15) is 11.4 Å². The molecule has 2 aromatic heterocycles. The molecule has 1 aliphatic rings. The van der Waals surface area contributed by atoms with Crippen LogP contribution >= 0.6 is 0 Å². The van der Waals surface area contributed by atoms with Crippen LogP contribution in [0.1, 0.15) is 44.8 Å². The van der Waals surface area contributed by atoms with Crippen molar-refractivity contribution in [2.45, 2.75) is 12.5 Å². The Morgan fingerprint density at radius 2 is 1.33 bits per heavy atom. The number of aliphatic hydroxyl groups is 2. The van der Waals surface area contributed by atoms with Crippen LogP contribution in [0.4, 0.5) is 0 Å². The fourth-order valence-corrected chi connectivity index (χ4v) is 2.00. The van der Waals surface area contributed by atoms with E-state index in [2.05, 4.69) is 10.2 Å². The summed E-state index contributed by atoms with van der Waals surface area (Å²) in [5.74, 6) is 0. The van der Waals surface area contributed by atoms with Gasteiger partial charge in [0.2, 0.25) is 0 Å². The quantitative estimate of drug-likeness (QED) is 0.666. The maximum atomic E-state index is 10.6. The SMILES string of the molecule is O=Cc1cc2n(n1)C(O)c1cc(C=O)nn1C2O. The molecule has 8 heteroatoms. The summed E-state index contributed by atoms with van der Waals surface area (Å²) in [5, 5.41) is 27.8. The molecule has 3 heterocycles. The fraction of sp³-hybridized carbons (Fsp3) is 0.200. The van der Waals surface area contributed by atoms with Crippen LogP contribution < -0.4 is 0 Å². The number of aromatic nitrogens is 4. The Bertz CT molecular complexity index is 545. The summed E-state index contributed by atoms with van der Waals surface area (Å²) < 4.78 is 2.25. The molecule has 0 amide bonds. The Morgan fingerprint density at radius 1 is 0.944 bits per heavy atom. The molecular formula is C10H8N4O4. The lowest BCUT2D eigenvalue weighted by molar-refractivity contribution is 0.0424. The van der Waals surface area contributed by atoms with Gasteiger partial charge in [0.05, 0.1) is 11.4 Å². The topological polar surface area (TPSA) is 110 Å². The second-order valence-electron chi connectivity index (χ2n) is 3.86. The number of carbonyl (C=O) groups is 2. The van der Waals surface area contributed by atoms with E-state index in [0.717, 1.165) is 9.36 Å². The van der Waals surface area contributed by atoms with Gasteiger partial charge in [-0.2, -0.15) is 10.2 Å². The second-order valence-corrected chi connectivity index (χ2v) is 3.86. The number of nitrogens with zero attached hydrogens (tertiary/aromatic N) is 4. The van der Waals surface area contributed by atoms with Crippen molar-refractivity contribution < 1.29 is 19.8 Å². The van der Waals surface area contributed by atoms with Crippen molar-refractivity contribution in [1.29, 1.82) is 0 Å². The van der Waals surface area contributed by atoms with E-state index in [-0.39, 0.29) is 22.8 Å². The number of aliphatic hydroxyl groups excluding tert-OH is 2. The summed E-state index contributed by atoms with van der Waals surface area (Å²) in [5.41, 5.74) is 0.671. The highest BCUT2D eigenvalue weighted by Gasteiger charge is 2.33. The molecule has 0 aromatic carbocycles. The number of hydrogen-bond acceptors (Lipinski definition) is 6. The minimum absolute atomic E-state index is 0.101. The molecule has 0 saturated heterocycles. The van der Waals surface area contributed by atoms with Gasteiger partial charge in [-0.05, 0) is 12.1 Å². The molecule has 2 N–H and O–H groups in total. The molecule has 2 atom stereocenters. The number of aldehydes is 2. The first-order valence-electron chi connectivity index (χ1n) is 5.11. The van der Waals surface area contributed by atoms with E-state index >= 15 is 0 Å². The summed E-state index contributed by atoms with van der Waals surface area (Å²) in [7, 11) is 0. The van der Waals surface area contributed by atoms with Crippen molar-refractivity contribution in [3.63, 3.8) is 0 Å². The lowest BCUT2D eigenvalue weighted by Crippen LogP contribution is -2.29. The van der Waals surface area contributed by atoms with Crippen molar-refractivity contribution in [1.82, 2.24) is 19.6 Å². The molecule has 92 valence electrons. The highest BCUT2D eigenvalue weighted by Crippen LogP contribution is 2.30. The lowest BCUT2D eigenvalue weighted by atomic mass is 10.2. The van der Waals surface area contributed by atoms with Crippen LogP contribution in [0.5, 0.6) is 0 Å². The smallest absolute Gasteiger partial charge is 0.190 e. The standard InChI is InChI=1S/C10H8N4O4/c15-3-5-1-7-9(17)14-8(2-6(4-16)12-14)10(18)13(7)11-5/h1-4,9-10,17-18H. The van der Waals surface area contributed by atoms with Crippen molar-refractivity contribution in [2.75, 3.05) is 0 Å². The van der Waals surface area contributed by atoms with E-state index < -0.39 is 12.5 Å². The molecular weight excluding hydrogens is 240 g/mol. The Labute approximate surface area is 100 Å². The normalized spacial score (nSPS) is 21.2. The molecule has 0 spiro atoms. The first-order valence-corrected chi connectivity index (χ1v) is 5.11. The zero-order chi connectivity index (χ0) is 12.9. The van der Waals surface area contributed by atoms with Gasteiger partial charge in [-0.15, -0.1) is 0 Å². The molecule has 2 aromatic rings. The van der Waals surface area contributed by atoms with E-state index in [1.165, 1.54) is 12.1 Å². The average molecular weight is 248 g/mol. The van der Waals surface area contributed by atoms with Gasteiger partial charge in [0.15, 0.2) is 25.0 Å². The number of rotatable bonds is 2. The van der Waals surface area contributed by atoms with E-state index in [0.29, 0.717) is 12.6 Å². The summed E-state index contributed by atoms with van der Waals surface area (Å²) in [4.78, 5) is 21.3. The predicted octanol–water partition coefficient (Wildman–Crippen LogP) is -0.904. The van der Waals surface area contributed by atoms with Crippen molar-refractivity contribution in [2.24, 2.45) is 0 Å². The summed E-state index contributed by atoms with van der Waals surface area (Å²) >= 11 is 0. The van der Waals surface area contributed by atoms with E-state index in [1.807, 2.05) is 0 Å². The predicted molar refractivity (Wildman–Crippen MR) is 55.9 cm³/mol. The molecule has 0 fully saturated rings. The van der Waals surface area contributed by atoms with Crippen LogP contribution in [0, 0.1) is 0 Å². The van der Waals surface area contributed by atoms with Crippen LogP contribution in [0.2, 0.25) is 0 Å². The Kier molecular flexibility index (Phi) is 2.15. The second kappa shape index (κ2) is 3.59. The Hall–Kier alpha value is -2.32. The molecule has 1 aliphatic heterocycles. The zero-order valence-electron chi connectivity index (χ0n) is 8.96. The summed E-state index contributed by atoms with van der Waals surface area (Å²) in [6.45, 7) is 0. The van der Waals surface area contributed by atoms with Gasteiger partial charge in [-0.3, -0.25) is 9.59 Å². The zero-order valence-corrected chi connectivity index (χ0v) is 8.96. The molecule has 0 radical (unpaired) electrons. The lowest BCUT2D eigenvalue weighted by Gasteiger charge is -2.25. The molecule has 0 aliphatic carbocycles.